The molecule has 1 aromatic heterocycles. The molecule has 1 aromatic rings. The summed E-state index contributed by atoms with van der Waals surface area (Å²) in [6.07, 6.45) is 2.74. The Balaban J connectivity index is 2.47. The van der Waals surface area contributed by atoms with Crippen LogP contribution >= 0.6 is 15.9 Å². The molecule has 4 amide bonds. The van der Waals surface area contributed by atoms with Crippen molar-refractivity contribution < 1.29 is 18.8 Å². The number of urea groups is 1. The van der Waals surface area contributed by atoms with Gasteiger partial charge >= 0.3 is 6.03 Å². The monoisotopic (exact) mass is 312 g/mol. The fourth-order valence-corrected chi connectivity index (χ4v) is 1.83. The summed E-state index contributed by atoms with van der Waals surface area (Å²) in [7, 11) is 2.64. The van der Waals surface area contributed by atoms with E-state index in [9.17, 15) is 14.4 Å². The lowest BCUT2D eigenvalue weighted by molar-refractivity contribution is -0.134. The van der Waals surface area contributed by atoms with Gasteiger partial charge in [-0.1, -0.05) is 0 Å². The Kier molecular flexibility index (Phi) is 3.08. The van der Waals surface area contributed by atoms with Crippen molar-refractivity contribution in [3.63, 3.8) is 0 Å². The van der Waals surface area contributed by atoms with Crippen LogP contribution in [0, 0.1) is 0 Å². The molecule has 0 spiro atoms. The number of imide groups is 2. The molecular formula is C11H9BrN2O4. The molecule has 0 aromatic carbocycles. The van der Waals surface area contributed by atoms with Crippen LogP contribution in [0.3, 0.4) is 0 Å². The third-order valence-electron chi connectivity index (χ3n) is 2.56. The molecular weight excluding hydrogens is 304 g/mol. The van der Waals surface area contributed by atoms with E-state index < -0.39 is 17.8 Å². The summed E-state index contributed by atoms with van der Waals surface area (Å²) in [5.41, 5.74) is -0.116. The maximum atomic E-state index is 11.9. The van der Waals surface area contributed by atoms with Crippen LogP contribution in [0.4, 0.5) is 4.79 Å². The SMILES string of the molecule is CN1C(=O)C(=Cc2occc2Br)C(=O)N(C)C1=O. The van der Waals surface area contributed by atoms with Crippen molar-refractivity contribution in [3.05, 3.63) is 28.1 Å². The topological polar surface area (TPSA) is 70.8 Å². The molecule has 1 fully saturated rings. The molecule has 0 aliphatic carbocycles. The average molecular weight is 313 g/mol. The summed E-state index contributed by atoms with van der Waals surface area (Å²) in [6.45, 7) is 0. The molecule has 1 aliphatic heterocycles. The molecule has 0 bridgehead atoms. The summed E-state index contributed by atoms with van der Waals surface area (Å²) < 4.78 is 5.73. The predicted octanol–water partition coefficient (Wildman–Crippen LogP) is 1.48. The van der Waals surface area contributed by atoms with Gasteiger partial charge in [-0.25, -0.2) is 4.79 Å². The summed E-state index contributed by atoms with van der Waals surface area (Å²) in [4.78, 5) is 37.0. The second kappa shape index (κ2) is 4.41. The lowest BCUT2D eigenvalue weighted by Crippen LogP contribution is -2.52. The van der Waals surface area contributed by atoms with Crippen molar-refractivity contribution in [2.75, 3.05) is 14.1 Å². The maximum Gasteiger partial charge on any atom is 0.333 e. The van der Waals surface area contributed by atoms with E-state index >= 15 is 0 Å². The van der Waals surface area contributed by atoms with Gasteiger partial charge in [-0.15, -0.1) is 0 Å². The zero-order valence-corrected chi connectivity index (χ0v) is 11.2. The standard InChI is InChI=1S/C11H9BrN2O4/c1-13-9(15)6(10(16)14(2)11(13)17)5-8-7(12)3-4-18-8/h3-5H,1-2H3. The minimum absolute atomic E-state index is 0.116. The van der Waals surface area contributed by atoms with Crippen molar-refractivity contribution in [1.29, 1.82) is 0 Å². The van der Waals surface area contributed by atoms with E-state index in [-0.39, 0.29) is 5.57 Å². The summed E-state index contributed by atoms with van der Waals surface area (Å²) in [6, 6.07) is 0.989. The number of furan rings is 1. The zero-order chi connectivity index (χ0) is 13.4. The van der Waals surface area contributed by atoms with Gasteiger partial charge < -0.3 is 4.42 Å². The summed E-state index contributed by atoms with van der Waals surface area (Å²) in [5.74, 6) is -0.944. The molecule has 2 rings (SSSR count). The number of rotatable bonds is 1. The highest BCUT2D eigenvalue weighted by Gasteiger charge is 2.38. The number of carbonyl (C=O) groups is 3. The normalized spacial score (nSPS) is 16.6. The molecule has 1 aliphatic rings. The van der Waals surface area contributed by atoms with Crippen LogP contribution in [0.1, 0.15) is 5.76 Å². The van der Waals surface area contributed by atoms with E-state index in [4.69, 9.17) is 4.42 Å². The number of likely N-dealkylation sites (N-methyl/N-ethyl adjacent to an activating group) is 2. The van der Waals surface area contributed by atoms with E-state index in [0.29, 0.717) is 10.2 Å². The van der Waals surface area contributed by atoms with Gasteiger partial charge in [-0.05, 0) is 22.0 Å². The predicted molar refractivity (Wildman–Crippen MR) is 65.3 cm³/mol. The number of halogens is 1. The van der Waals surface area contributed by atoms with Gasteiger partial charge in [0, 0.05) is 20.2 Å². The fraction of sp³-hybridized carbons (Fsp3) is 0.182. The Bertz CT molecular complexity index is 549. The number of nitrogens with zero attached hydrogens (tertiary/aromatic N) is 2. The van der Waals surface area contributed by atoms with Crippen LogP contribution in [0.25, 0.3) is 6.08 Å². The highest BCUT2D eigenvalue weighted by Crippen LogP contribution is 2.23. The van der Waals surface area contributed by atoms with Gasteiger partial charge in [-0.3, -0.25) is 19.4 Å². The largest absolute Gasteiger partial charge is 0.464 e. The Labute approximate surface area is 111 Å². The zero-order valence-electron chi connectivity index (χ0n) is 9.64. The van der Waals surface area contributed by atoms with Gasteiger partial charge in [0.05, 0.1) is 10.7 Å². The van der Waals surface area contributed by atoms with Crippen molar-refractivity contribution in [2.24, 2.45) is 0 Å². The Morgan fingerprint density at radius 1 is 1.17 bits per heavy atom. The summed E-state index contributed by atoms with van der Waals surface area (Å²) in [5, 5.41) is 0. The number of hydrogen-bond donors (Lipinski definition) is 0. The minimum Gasteiger partial charge on any atom is -0.464 e. The minimum atomic E-state index is -0.652. The first-order chi connectivity index (χ1) is 8.43. The van der Waals surface area contributed by atoms with Crippen LogP contribution in [-0.2, 0) is 9.59 Å². The highest BCUT2D eigenvalue weighted by molar-refractivity contribution is 9.10. The van der Waals surface area contributed by atoms with Crippen LogP contribution in [0.15, 0.2) is 26.8 Å². The molecule has 18 heavy (non-hydrogen) atoms. The van der Waals surface area contributed by atoms with Crippen molar-refractivity contribution in [3.8, 4) is 0 Å². The summed E-state index contributed by atoms with van der Waals surface area (Å²) >= 11 is 3.22. The molecule has 0 radical (unpaired) electrons. The lowest BCUT2D eigenvalue weighted by atomic mass is 10.1. The van der Waals surface area contributed by atoms with Crippen LogP contribution in [0.5, 0.6) is 0 Å². The van der Waals surface area contributed by atoms with E-state index in [1.807, 2.05) is 0 Å². The third-order valence-corrected chi connectivity index (χ3v) is 3.22. The molecule has 0 unspecified atom stereocenters. The molecule has 7 heteroatoms. The Hall–Kier alpha value is -1.89. The first-order valence-corrected chi connectivity index (χ1v) is 5.77. The first kappa shape index (κ1) is 12.6. The third kappa shape index (κ3) is 1.86. The van der Waals surface area contributed by atoms with Gasteiger partial charge in [0.15, 0.2) is 0 Å². The average Bonchev–Trinajstić information content (AvgIpc) is 2.75. The Morgan fingerprint density at radius 2 is 1.72 bits per heavy atom. The van der Waals surface area contributed by atoms with E-state index in [1.54, 1.807) is 6.07 Å². The van der Waals surface area contributed by atoms with E-state index in [2.05, 4.69) is 15.9 Å². The lowest BCUT2D eigenvalue weighted by Gasteiger charge is -2.28. The number of amides is 4. The molecule has 0 saturated carbocycles. The molecule has 2 heterocycles. The number of barbiturate groups is 1. The quantitative estimate of drug-likeness (QED) is 0.581. The van der Waals surface area contributed by atoms with Gasteiger partial charge in [0.2, 0.25) is 0 Å². The van der Waals surface area contributed by atoms with E-state index in [0.717, 1.165) is 9.80 Å². The van der Waals surface area contributed by atoms with Crippen molar-refractivity contribution in [1.82, 2.24) is 9.80 Å². The molecule has 0 atom stereocenters. The molecule has 6 nitrogen and oxygen atoms in total. The Morgan fingerprint density at radius 3 is 2.17 bits per heavy atom. The first-order valence-electron chi connectivity index (χ1n) is 4.98. The van der Waals surface area contributed by atoms with Gasteiger partial charge in [0.25, 0.3) is 11.8 Å². The van der Waals surface area contributed by atoms with Crippen LogP contribution < -0.4 is 0 Å². The number of hydrogen-bond acceptors (Lipinski definition) is 4. The van der Waals surface area contributed by atoms with E-state index in [1.165, 1.54) is 26.4 Å². The van der Waals surface area contributed by atoms with Crippen LogP contribution in [-0.4, -0.2) is 41.7 Å². The van der Waals surface area contributed by atoms with Crippen LogP contribution in [0.2, 0.25) is 0 Å². The van der Waals surface area contributed by atoms with Gasteiger partial charge in [0.1, 0.15) is 11.3 Å². The fourth-order valence-electron chi connectivity index (χ4n) is 1.51. The second-order valence-corrected chi connectivity index (χ2v) is 4.56. The van der Waals surface area contributed by atoms with Crippen molar-refractivity contribution >= 4 is 39.9 Å². The van der Waals surface area contributed by atoms with Crippen molar-refractivity contribution in [2.45, 2.75) is 0 Å². The maximum absolute atomic E-state index is 11.9. The molecule has 1 saturated heterocycles. The number of carbonyl (C=O) groups excluding carboxylic acids is 3. The molecule has 0 N–H and O–H groups in total. The highest BCUT2D eigenvalue weighted by atomic mass is 79.9. The second-order valence-electron chi connectivity index (χ2n) is 3.70. The smallest absolute Gasteiger partial charge is 0.333 e. The molecule has 94 valence electrons. The van der Waals surface area contributed by atoms with Gasteiger partial charge in [-0.2, -0.15) is 0 Å².